The third kappa shape index (κ3) is 3.65. The molecule has 1 amide bonds. The predicted molar refractivity (Wildman–Crippen MR) is 123 cm³/mol. The van der Waals surface area contributed by atoms with Gasteiger partial charge in [-0.25, -0.2) is 9.37 Å². The first-order valence-electron chi connectivity index (χ1n) is 11.8. The highest BCUT2D eigenvalue weighted by molar-refractivity contribution is 6.03. The van der Waals surface area contributed by atoms with E-state index in [0.717, 1.165) is 31.9 Å². The molecule has 6 heteroatoms. The van der Waals surface area contributed by atoms with Gasteiger partial charge in [-0.15, -0.1) is 0 Å². The molecule has 2 fully saturated rings. The third-order valence-corrected chi connectivity index (χ3v) is 8.31. The van der Waals surface area contributed by atoms with E-state index in [0.29, 0.717) is 23.8 Å². The highest BCUT2D eigenvalue weighted by Crippen LogP contribution is 2.63. The number of ketones is 1. The fourth-order valence-electron chi connectivity index (χ4n) is 6.92. The Labute approximate surface area is 193 Å². The summed E-state index contributed by atoms with van der Waals surface area (Å²) in [6, 6.07) is 11.0. The molecule has 1 aromatic heterocycles. The van der Waals surface area contributed by atoms with Crippen molar-refractivity contribution in [2.45, 2.75) is 51.4 Å². The van der Waals surface area contributed by atoms with E-state index in [4.69, 9.17) is 0 Å². The number of nitrogens with zero attached hydrogens (tertiary/aromatic N) is 1. The van der Waals surface area contributed by atoms with Gasteiger partial charge in [0, 0.05) is 29.7 Å². The molecular weight excluding hydrogens is 419 g/mol. The first kappa shape index (κ1) is 21.8. The Bertz CT molecular complexity index is 1130. The number of aliphatic hydroxyl groups excluding tert-OH is 1. The van der Waals surface area contributed by atoms with Gasteiger partial charge in [-0.2, -0.15) is 0 Å². The molecule has 0 saturated heterocycles. The number of fused-ring (bicyclic) bond motifs is 5. The maximum Gasteiger partial charge on any atom is 0.225 e. The minimum Gasteiger partial charge on any atom is -0.515 e. The van der Waals surface area contributed by atoms with E-state index in [9.17, 15) is 19.1 Å². The maximum atomic E-state index is 13.4. The van der Waals surface area contributed by atoms with Gasteiger partial charge in [0.15, 0.2) is 5.78 Å². The molecule has 5 nitrogen and oxygen atoms in total. The summed E-state index contributed by atoms with van der Waals surface area (Å²) in [6.45, 7) is 2.05. The molecule has 3 aliphatic carbocycles. The average molecular weight is 449 g/mol. The van der Waals surface area contributed by atoms with E-state index in [-0.39, 0.29) is 35.8 Å². The molecule has 2 N–H and O–H groups in total. The van der Waals surface area contributed by atoms with Gasteiger partial charge in [0.05, 0.1) is 6.26 Å². The van der Waals surface area contributed by atoms with Gasteiger partial charge in [0.25, 0.3) is 0 Å². The van der Waals surface area contributed by atoms with Crippen LogP contribution in [0.4, 0.5) is 10.2 Å². The van der Waals surface area contributed by atoms with Crippen LogP contribution in [-0.2, 0) is 16.0 Å². The Morgan fingerprint density at radius 2 is 2.12 bits per heavy atom. The largest absolute Gasteiger partial charge is 0.515 e. The number of hydrogen-bond donors (Lipinski definition) is 2. The highest BCUT2D eigenvalue weighted by atomic mass is 19.1. The zero-order valence-corrected chi connectivity index (χ0v) is 18.8. The summed E-state index contributed by atoms with van der Waals surface area (Å²) < 4.78 is 13.4. The topological polar surface area (TPSA) is 79.3 Å². The van der Waals surface area contributed by atoms with Crippen LogP contribution in [0.25, 0.3) is 0 Å². The van der Waals surface area contributed by atoms with Gasteiger partial charge in [0.1, 0.15) is 11.6 Å². The number of aromatic nitrogens is 1. The van der Waals surface area contributed by atoms with Crippen molar-refractivity contribution in [1.29, 1.82) is 0 Å². The molecule has 1 heterocycles. The van der Waals surface area contributed by atoms with E-state index >= 15 is 0 Å². The third-order valence-electron chi connectivity index (χ3n) is 8.31. The van der Waals surface area contributed by atoms with Crippen LogP contribution in [-0.4, -0.2) is 21.8 Å². The second kappa shape index (κ2) is 8.40. The average Bonchev–Trinajstić information content (AvgIpc) is 3.03. The molecule has 5 rings (SSSR count). The number of aryl methyl sites for hydroxylation is 1. The Kier molecular flexibility index (Phi) is 5.55. The minimum atomic E-state index is -0.507. The number of rotatable bonds is 4. The number of carbonyl (C=O) groups is 2. The molecular formula is C27H29FN2O3. The van der Waals surface area contributed by atoms with Crippen LogP contribution in [0.3, 0.4) is 0 Å². The lowest BCUT2D eigenvalue weighted by atomic mass is 9.54. The highest BCUT2D eigenvalue weighted by Gasteiger charge is 2.60. The number of pyridine rings is 1. The number of aliphatic hydroxyl groups is 1. The molecule has 2 aromatic rings. The summed E-state index contributed by atoms with van der Waals surface area (Å²) in [5.74, 6) is 0.148. The van der Waals surface area contributed by atoms with Gasteiger partial charge in [-0.05, 0) is 73.0 Å². The van der Waals surface area contributed by atoms with Gasteiger partial charge in [-0.3, -0.25) is 9.59 Å². The van der Waals surface area contributed by atoms with Crippen LogP contribution >= 0.6 is 0 Å². The van der Waals surface area contributed by atoms with E-state index in [1.807, 2.05) is 0 Å². The van der Waals surface area contributed by atoms with Crippen molar-refractivity contribution >= 4 is 17.5 Å². The Morgan fingerprint density at radius 1 is 1.30 bits per heavy atom. The van der Waals surface area contributed by atoms with Crippen molar-refractivity contribution in [1.82, 2.24) is 4.98 Å². The molecule has 0 radical (unpaired) electrons. The molecule has 3 aliphatic rings. The summed E-state index contributed by atoms with van der Waals surface area (Å²) >= 11 is 0. The normalized spacial score (nSPS) is 31.6. The lowest BCUT2D eigenvalue weighted by Gasteiger charge is -2.49. The van der Waals surface area contributed by atoms with E-state index in [1.165, 1.54) is 29.5 Å². The smallest absolute Gasteiger partial charge is 0.225 e. The summed E-state index contributed by atoms with van der Waals surface area (Å²) in [4.78, 5) is 30.0. The molecule has 172 valence electrons. The van der Waals surface area contributed by atoms with Crippen LogP contribution in [0.2, 0.25) is 0 Å². The lowest BCUT2D eigenvalue weighted by Crippen LogP contribution is -2.44. The van der Waals surface area contributed by atoms with Gasteiger partial charge < -0.3 is 10.4 Å². The summed E-state index contributed by atoms with van der Waals surface area (Å²) in [5.41, 5.74) is 2.76. The molecule has 0 bridgehead atoms. The molecule has 33 heavy (non-hydrogen) atoms. The van der Waals surface area contributed by atoms with Crippen molar-refractivity contribution in [2.24, 2.45) is 23.2 Å². The van der Waals surface area contributed by atoms with E-state index < -0.39 is 11.2 Å². The van der Waals surface area contributed by atoms with Crippen molar-refractivity contribution < 1.29 is 19.1 Å². The Morgan fingerprint density at radius 3 is 2.91 bits per heavy atom. The first-order chi connectivity index (χ1) is 15.9. The summed E-state index contributed by atoms with van der Waals surface area (Å²) in [5, 5.41) is 12.7. The monoisotopic (exact) mass is 448 g/mol. The zero-order valence-electron chi connectivity index (χ0n) is 18.8. The van der Waals surface area contributed by atoms with E-state index in [2.05, 4.69) is 41.5 Å². The fraction of sp³-hybridized carbons (Fsp3) is 0.444. The standard InChI is InChI=1S/C27H29FN2O3/c1-27-12-10-19-18-5-3-2-4-16(18)6-7-20(19)25(27)21(22(15-31)26(27)33)8-9-24(32)30-23-14-17(28)11-13-29-23/h2-5,11,13-15,19-21,25,31H,6-10,12H2,1H3,(H,29,30,32)/b22-15-/t19?,20?,21-,25?,27+/m1/s1. The quantitative estimate of drug-likeness (QED) is 0.489. The molecule has 5 atom stereocenters. The van der Waals surface area contributed by atoms with Crippen molar-refractivity contribution in [3.63, 3.8) is 0 Å². The number of halogens is 1. The van der Waals surface area contributed by atoms with Crippen molar-refractivity contribution in [2.75, 3.05) is 5.32 Å². The lowest BCUT2D eigenvalue weighted by molar-refractivity contribution is -0.127. The molecule has 2 saturated carbocycles. The van der Waals surface area contributed by atoms with Gasteiger partial charge in [-0.1, -0.05) is 31.2 Å². The van der Waals surface area contributed by atoms with E-state index in [1.54, 1.807) is 0 Å². The Hall–Kier alpha value is -3.02. The number of allylic oxidation sites excluding steroid dienone is 1. The number of nitrogens with one attached hydrogen (secondary N) is 1. The zero-order chi connectivity index (χ0) is 23.2. The number of amides is 1. The fourth-order valence-corrected chi connectivity index (χ4v) is 6.92. The van der Waals surface area contributed by atoms with Crippen LogP contribution in [0, 0.1) is 29.0 Å². The molecule has 1 aromatic carbocycles. The Balaban J connectivity index is 1.39. The number of Topliss-reactive ketones (excluding diaryl/α,β-unsaturated/α-hetero) is 1. The maximum absolute atomic E-state index is 13.4. The van der Waals surface area contributed by atoms with Crippen LogP contribution in [0.1, 0.15) is 56.1 Å². The first-order valence-corrected chi connectivity index (χ1v) is 11.8. The second-order valence-electron chi connectivity index (χ2n) is 9.96. The minimum absolute atomic E-state index is 0.0320. The van der Waals surface area contributed by atoms with Crippen LogP contribution < -0.4 is 5.32 Å². The predicted octanol–water partition coefficient (Wildman–Crippen LogP) is 5.34. The van der Waals surface area contributed by atoms with Gasteiger partial charge in [0.2, 0.25) is 5.91 Å². The summed E-state index contributed by atoms with van der Waals surface area (Å²) in [6.07, 6.45) is 6.70. The number of anilines is 1. The molecule has 0 aliphatic heterocycles. The number of benzene rings is 1. The molecule has 3 unspecified atom stereocenters. The van der Waals surface area contributed by atoms with Crippen molar-refractivity contribution in [3.8, 4) is 0 Å². The number of carbonyl (C=O) groups excluding carboxylic acids is 2. The SMILES string of the molecule is C[C@]12CCC3c4ccccc4CCC3C1[C@H](CCC(=O)Nc1cc(F)ccn1)/C(=C/O)C2=O. The van der Waals surface area contributed by atoms with Crippen molar-refractivity contribution in [3.05, 3.63) is 71.4 Å². The van der Waals surface area contributed by atoms with Gasteiger partial charge >= 0.3 is 0 Å². The summed E-state index contributed by atoms with van der Waals surface area (Å²) in [7, 11) is 0. The number of hydrogen-bond acceptors (Lipinski definition) is 4. The molecule has 0 spiro atoms. The van der Waals surface area contributed by atoms with Crippen LogP contribution in [0.5, 0.6) is 0 Å². The second-order valence-corrected chi connectivity index (χ2v) is 9.96. The van der Waals surface area contributed by atoms with Crippen LogP contribution in [0.15, 0.2) is 54.4 Å².